The number of halogens is 1. The molecule has 0 spiro atoms. The predicted molar refractivity (Wildman–Crippen MR) is 93.5 cm³/mol. The fourth-order valence-electron chi connectivity index (χ4n) is 2.91. The topological polar surface area (TPSA) is 71.4 Å². The first-order valence-corrected chi connectivity index (χ1v) is 8.37. The van der Waals surface area contributed by atoms with E-state index in [9.17, 15) is 4.79 Å². The van der Waals surface area contributed by atoms with Crippen molar-refractivity contribution in [2.24, 2.45) is 0 Å². The minimum absolute atomic E-state index is 0.0441. The molecule has 3 heterocycles. The number of amides is 1. The second kappa shape index (κ2) is 6.74. The fourth-order valence-corrected chi connectivity index (χ4v) is 3.14. The van der Waals surface area contributed by atoms with E-state index in [0.717, 1.165) is 16.7 Å². The van der Waals surface area contributed by atoms with Crippen LogP contribution in [0.5, 0.6) is 0 Å². The molecule has 0 atom stereocenters. The molecule has 0 aliphatic carbocycles. The summed E-state index contributed by atoms with van der Waals surface area (Å²) in [5, 5.41) is 4.71. The summed E-state index contributed by atoms with van der Waals surface area (Å²) in [5.74, 6) is -0.0441. The second-order valence-electron chi connectivity index (χ2n) is 5.76. The number of nitrogens with zero attached hydrogens (tertiary/aromatic N) is 2. The maximum Gasteiger partial charge on any atom is 0.270 e. The standard InChI is InChI=1S/C18H16ClN3O3/c19-15-4-2-1-3-13(15)14-11-25-21-17(14)12-9-16(20-10-12)18(23)22-5-7-24-8-6-22/h1-4,9-11,20H,5-8H2. The molecule has 2 aromatic heterocycles. The third-order valence-electron chi connectivity index (χ3n) is 4.22. The zero-order valence-corrected chi connectivity index (χ0v) is 14.1. The highest BCUT2D eigenvalue weighted by atomic mass is 35.5. The number of nitrogens with one attached hydrogen (secondary N) is 1. The summed E-state index contributed by atoms with van der Waals surface area (Å²) in [5.41, 5.74) is 3.56. The molecule has 0 saturated carbocycles. The van der Waals surface area contributed by atoms with E-state index in [2.05, 4.69) is 10.1 Å². The summed E-state index contributed by atoms with van der Waals surface area (Å²) in [7, 11) is 0. The van der Waals surface area contributed by atoms with Crippen molar-refractivity contribution in [3.05, 3.63) is 53.5 Å². The Hall–Kier alpha value is -2.57. The Balaban J connectivity index is 1.64. The first kappa shape index (κ1) is 15.9. The minimum atomic E-state index is -0.0441. The third-order valence-corrected chi connectivity index (χ3v) is 4.55. The van der Waals surface area contributed by atoms with Gasteiger partial charge in [0.05, 0.1) is 18.8 Å². The average Bonchev–Trinajstić information content (AvgIpc) is 3.31. The van der Waals surface area contributed by atoms with E-state index in [1.165, 1.54) is 0 Å². The Kier molecular flexibility index (Phi) is 4.29. The van der Waals surface area contributed by atoms with Gasteiger partial charge in [-0.3, -0.25) is 4.79 Å². The lowest BCUT2D eigenvalue weighted by atomic mass is 10.0. The van der Waals surface area contributed by atoms with Crippen molar-refractivity contribution in [1.82, 2.24) is 15.0 Å². The molecular formula is C18H16ClN3O3. The summed E-state index contributed by atoms with van der Waals surface area (Å²) < 4.78 is 10.4. The van der Waals surface area contributed by atoms with Crippen molar-refractivity contribution >= 4 is 17.5 Å². The van der Waals surface area contributed by atoms with Crippen LogP contribution in [0.15, 0.2) is 47.3 Å². The van der Waals surface area contributed by atoms with Gasteiger partial charge in [-0.25, -0.2) is 0 Å². The van der Waals surface area contributed by atoms with Crippen molar-refractivity contribution < 1.29 is 14.1 Å². The Bertz CT molecular complexity index is 896. The summed E-state index contributed by atoms with van der Waals surface area (Å²) in [6.45, 7) is 2.34. The fraction of sp³-hybridized carbons (Fsp3) is 0.222. The molecule has 6 nitrogen and oxygen atoms in total. The molecule has 0 bridgehead atoms. The Morgan fingerprint density at radius 3 is 2.80 bits per heavy atom. The molecule has 1 N–H and O–H groups in total. The quantitative estimate of drug-likeness (QED) is 0.779. The van der Waals surface area contributed by atoms with E-state index in [1.807, 2.05) is 24.3 Å². The monoisotopic (exact) mass is 357 g/mol. The highest BCUT2D eigenvalue weighted by molar-refractivity contribution is 6.33. The molecule has 1 aliphatic heterocycles. The molecule has 128 valence electrons. The van der Waals surface area contributed by atoms with E-state index in [4.69, 9.17) is 20.9 Å². The molecular weight excluding hydrogens is 342 g/mol. The number of hydrogen-bond acceptors (Lipinski definition) is 4. The van der Waals surface area contributed by atoms with Crippen LogP contribution in [-0.4, -0.2) is 47.3 Å². The lowest BCUT2D eigenvalue weighted by Crippen LogP contribution is -2.40. The molecule has 1 aromatic carbocycles. The van der Waals surface area contributed by atoms with Crippen molar-refractivity contribution in [2.75, 3.05) is 26.3 Å². The van der Waals surface area contributed by atoms with Gasteiger partial charge in [0.25, 0.3) is 5.91 Å². The Labute approximate surface area is 149 Å². The summed E-state index contributed by atoms with van der Waals surface area (Å²) in [4.78, 5) is 17.4. The molecule has 1 fully saturated rings. The van der Waals surface area contributed by atoms with E-state index >= 15 is 0 Å². The third kappa shape index (κ3) is 3.06. The number of aromatic amines is 1. The number of benzene rings is 1. The van der Waals surface area contributed by atoms with Crippen LogP contribution in [0.3, 0.4) is 0 Å². The van der Waals surface area contributed by atoms with Crippen LogP contribution in [0, 0.1) is 0 Å². The highest BCUT2D eigenvalue weighted by Crippen LogP contribution is 2.35. The average molecular weight is 358 g/mol. The number of morpholine rings is 1. The smallest absolute Gasteiger partial charge is 0.270 e. The van der Waals surface area contributed by atoms with E-state index in [0.29, 0.717) is 42.7 Å². The van der Waals surface area contributed by atoms with Crippen molar-refractivity contribution in [3.8, 4) is 22.4 Å². The first-order valence-electron chi connectivity index (χ1n) is 7.99. The van der Waals surface area contributed by atoms with Gasteiger partial charge in [0.2, 0.25) is 0 Å². The normalized spacial score (nSPS) is 14.7. The Morgan fingerprint density at radius 1 is 1.20 bits per heavy atom. The number of carbonyl (C=O) groups is 1. The van der Waals surface area contributed by atoms with Crippen LogP contribution in [0.1, 0.15) is 10.5 Å². The van der Waals surface area contributed by atoms with Gasteiger partial charge in [0.15, 0.2) is 0 Å². The predicted octanol–water partition coefficient (Wildman–Crippen LogP) is 3.46. The number of hydrogen-bond donors (Lipinski definition) is 1. The molecule has 1 amide bonds. The maximum absolute atomic E-state index is 12.6. The van der Waals surface area contributed by atoms with Gasteiger partial charge in [-0.05, 0) is 12.1 Å². The minimum Gasteiger partial charge on any atom is -0.378 e. The van der Waals surface area contributed by atoms with Gasteiger partial charge in [-0.15, -0.1) is 0 Å². The molecule has 0 unspecified atom stereocenters. The SMILES string of the molecule is O=C(c1cc(-c2nocc2-c2ccccc2Cl)c[nH]1)N1CCOCC1. The van der Waals surface area contributed by atoms with E-state index in [1.54, 1.807) is 23.4 Å². The van der Waals surface area contributed by atoms with Gasteiger partial charge >= 0.3 is 0 Å². The van der Waals surface area contributed by atoms with Gasteiger partial charge in [-0.2, -0.15) is 0 Å². The number of ether oxygens (including phenoxy) is 1. The molecule has 7 heteroatoms. The molecule has 1 saturated heterocycles. The summed E-state index contributed by atoms with van der Waals surface area (Å²) in [6.07, 6.45) is 3.32. The number of H-pyrrole nitrogens is 1. The maximum atomic E-state index is 12.6. The molecule has 25 heavy (non-hydrogen) atoms. The van der Waals surface area contributed by atoms with Crippen LogP contribution in [0.4, 0.5) is 0 Å². The van der Waals surface area contributed by atoms with Crippen LogP contribution < -0.4 is 0 Å². The number of aromatic nitrogens is 2. The van der Waals surface area contributed by atoms with Crippen molar-refractivity contribution in [1.29, 1.82) is 0 Å². The molecule has 1 aliphatic rings. The van der Waals surface area contributed by atoms with Crippen LogP contribution >= 0.6 is 11.6 Å². The zero-order chi connectivity index (χ0) is 17.2. The van der Waals surface area contributed by atoms with Gasteiger partial charge in [-0.1, -0.05) is 35.0 Å². The van der Waals surface area contributed by atoms with Gasteiger partial charge < -0.3 is 19.1 Å². The number of rotatable bonds is 3. The zero-order valence-electron chi connectivity index (χ0n) is 13.4. The van der Waals surface area contributed by atoms with Gasteiger partial charge in [0, 0.05) is 35.4 Å². The molecule has 0 radical (unpaired) electrons. The molecule has 3 aromatic rings. The first-order chi connectivity index (χ1) is 12.2. The largest absolute Gasteiger partial charge is 0.378 e. The molecule has 4 rings (SSSR count). The van der Waals surface area contributed by atoms with E-state index in [-0.39, 0.29) is 5.91 Å². The van der Waals surface area contributed by atoms with Crippen molar-refractivity contribution in [3.63, 3.8) is 0 Å². The van der Waals surface area contributed by atoms with Crippen molar-refractivity contribution in [2.45, 2.75) is 0 Å². The van der Waals surface area contributed by atoms with Crippen LogP contribution in [0.25, 0.3) is 22.4 Å². The lowest BCUT2D eigenvalue weighted by Gasteiger charge is -2.26. The van der Waals surface area contributed by atoms with Gasteiger partial charge in [0.1, 0.15) is 17.7 Å². The van der Waals surface area contributed by atoms with Crippen LogP contribution in [0.2, 0.25) is 5.02 Å². The second-order valence-corrected chi connectivity index (χ2v) is 6.17. The number of carbonyl (C=O) groups excluding carboxylic acids is 1. The van der Waals surface area contributed by atoms with E-state index < -0.39 is 0 Å². The summed E-state index contributed by atoms with van der Waals surface area (Å²) in [6, 6.07) is 9.29. The van der Waals surface area contributed by atoms with Crippen LogP contribution in [-0.2, 0) is 4.74 Å². The summed E-state index contributed by atoms with van der Waals surface area (Å²) >= 11 is 6.28. The Morgan fingerprint density at radius 2 is 2.00 bits per heavy atom. The highest BCUT2D eigenvalue weighted by Gasteiger charge is 2.22. The lowest BCUT2D eigenvalue weighted by molar-refractivity contribution is 0.0299.